The summed E-state index contributed by atoms with van der Waals surface area (Å²) in [6.07, 6.45) is -1.28. The minimum Gasteiger partial charge on any atom is -0.457 e. The van der Waals surface area contributed by atoms with E-state index in [9.17, 15) is 22.8 Å². The van der Waals surface area contributed by atoms with Crippen LogP contribution in [0.25, 0.3) is 0 Å². The number of carbonyl (C=O) groups excluding carboxylic acids is 2. The third-order valence-electron chi connectivity index (χ3n) is 7.72. The zero-order chi connectivity index (χ0) is 29.9. The highest BCUT2D eigenvalue weighted by Crippen LogP contribution is 2.36. The molecule has 0 radical (unpaired) electrons. The fraction of sp³-hybridized carbons (Fsp3) is 0.406. The smallest absolute Gasteiger partial charge is 0.416 e. The number of halogens is 3. The quantitative estimate of drug-likeness (QED) is 0.349. The molecule has 2 aliphatic rings. The molecule has 43 heavy (non-hydrogen) atoms. The maximum absolute atomic E-state index is 14.0. The second kappa shape index (κ2) is 13.6. The first kappa shape index (κ1) is 32.0. The van der Waals surface area contributed by atoms with E-state index in [0.717, 1.165) is 30.3 Å². The second-order valence-corrected chi connectivity index (χ2v) is 11.0. The number of benzene rings is 2. The molecule has 1 aliphatic heterocycles. The van der Waals surface area contributed by atoms with Gasteiger partial charge in [-0.2, -0.15) is 13.2 Å². The molecule has 2 N–H and O–H groups in total. The van der Waals surface area contributed by atoms with Gasteiger partial charge in [0.1, 0.15) is 17.3 Å². The molecule has 1 fully saturated rings. The van der Waals surface area contributed by atoms with E-state index in [1.165, 1.54) is 19.2 Å². The molecular formula is C32H38F3N5O3. The summed E-state index contributed by atoms with van der Waals surface area (Å²) in [5, 5.41) is 5.35. The first-order valence-corrected chi connectivity index (χ1v) is 14.0. The van der Waals surface area contributed by atoms with Gasteiger partial charge >= 0.3 is 6.18 Å². The van der Waals surface area contributed by atoms with Crippen LogP contribution in [0.2, 0.25) is 0 Å². The first-order valence-electron chi connectivity index (χ1n) is 14.0. The Bertz CT molecular complexity index is 1450. The van der Waals surface area contributed by atoms with Gasteiger partial charge in [-0.05, 0) is 73.3 Å². The first-order chi connectivity index (χ1) is 20.0. The molecule has 2 aromatic carbocycles. The molecule has 1 aromatic heterocycles. The molecule has 8 nitrogen and oxygen atoms in total. The summed E-state index contributed by atoms with van der Waals surface area (Å²) in [6, 6.07) is 13.1. The minimum absolute atomic E-state index is 0. The van der Waals surface area contributed by atoms with E-state index >= 15 is 0 Å². The molecule has 0 saturated carbocycles. The molecular weight excluding hydrogens is 559 g/mol. The van der Waals surface area contributed by atoms with Crippen molar-refractivity contribution in [1.82, 2.24) is 14.8 Å². The lowest BCUT2D eigenvalue weighted by molar-refractivity contribution is -0.138. The highest BCUT2D eigenvalue weighted by molar-refractivity contribution is 5.93. The molecule has 230 valence electrons. The summed E-state index contributed by atoms with van der Waals surface area (Å²) in [7, 11) is 2.00. The molecule has 0 bridgehead atoms. The Labute approximate surface area is 250 Å². The van der Waals surface area contributed by atoms with E-state index in [-0.39, 0.29) is 43.0 Å². The van der Waals surface area contributed by atoms with Crippen molar-refractivity contribution in [3.8, 4) is 11.5 Å². The van der Waals surface area contributed by atoms with Crippen molar-refractivity contribution in [2.24, 2.45) is 5.92 Å². The monoisotopic (exact) mass is 597 g/mol. The number of fused-ring (bicyclic) bond motifs is 1. The summed E-state index contributed by atoms with van der Waals surface area (Å²) in [4.78, 5) is 32.8. The van der Waals surface area contributed by atoms with Gasteiger partial charge in [0.25, 0.3) is 0 Å². The number of alkyl halides is 3. The van der Waals surface area contributed by atoms with E-state index in [2.05, 4.69) is 20.5 Å². The normalized spacial score (nSPS) is 17.4. The van der Waals surface area contributed by atoms with Gasteiger partial charge in [-0.15, -0.1) is 0 Å². The number of piperazine rings is 1. The third kappa shape index (κ3) is 8.32. The van der Waals surface area contributed by atoms with Crippen molar-refractivity contribution in [3.63, 3.8) is 0 Å². The molecule has 2 amide bonds. The molecule has 2 heterocycles. The number of carbonyl (C=O) groups is 2. The van der Waals surface area contributed by atoms with Crippen LogP contribution < -0.4 is 15.4 Å². The van der Waals surface area contributed by atoms with Crippen molar-refractivity contribution in [1.29, 1.82) is 0 Å². The number of nitrogens with zero attached hydrogens (tertiary/aromatic N) is 3. The fourth-order valence-electron chi connectivity index (χ4n) is 5.43. The van der Waals surface area contributed by atoms with E-state index in [1.54, 1.807) is 18.2 Å². The SMILES string of the molecule is C.CC(=O)Nc1cc(Oc2ccc3c(c2)CC(C(=O)Nc2ccc(CN4CCN(C)CC4)c(C(F)(F)F)c2)CC3)ccn1. The molecule has 3 aromatic rings. The van der Waals surface area contributed by atoms with Crippen LogP contribution in [0.1, 0.15) is 43.0 Å². The second-order valence-electron chi connectivity index (χ2n) is 11.0. The number of aryl methyl sites for hydroxylation is 1. The van der Waals surface area contributed by atoms with E-state index < -0.39 is 11.7 Å². The number of hydrogen-bond acceptors (Lipinski definition) is 6. The Morgan fingerprint density at radius 1 is 0.977 bits per heavy atom. The van der Waals surface area contributed by atoms with E-state index in [1.807, 2.05) is 30.1 Å². The van der Waals surface area contributed by atoms with Gasteiger partial charge in [0.2, 0.25) is 11.8 Å². The zero-order valence-electron chi connectivity index (χ0n) is 23.6. The van der Waals surface area contributed by atoms with Crippen molar-refractivity contribution in [3.05, 3.63) is 77.0 Å². The molecule has 0 spiro atoms. The number of anilines is 2. The van der Waals surface area contributed by atoms with Crippen LogP contribution in [0.15, 0.2) is 54.7 Å². The Morgan fingerprint density at radius 2 is 1.72 bits per heavy atom. The van der Waals surface area contributed by atoms with Gasteiger partial charge in [-0.1, -0.05) is 19.6 Å². The maximum atomic E-state index is 14.0. The average Bonchev–Trinajstić information content (AvgIpc) is 2.94. The fourth-order valence-corrected chi connectivity index (χ4v) is 5.43. The van der Waals surface area contributed by atoms with Crippen LogP contribution in [-0.2, 0) is 35.2 Å². The minimum atomic E-state index is -4.53. The molecule has 1 aliphatic carbocycles. The maximum Gasteiger partial charge on any atom is 0.416 e. The predicted molar refractivity (Wildman–Crippen MR) is 160 cm³/mol. The summed E-state index contributed by atoms with van der Waals surface area (Å²) in [5.41, 5.74) is 1.70. The highest BCUT2D eigenvalue weighted by atomic mass is 19.4. The lowest BCUT2D eigenvalue weighted by Crippen LogP contribution is -2.44. The summed E-state index contributed by atoms with van der Waals surface area (Å²) in [5.74, 6) is 0.501. The van der Waals surface area contributed by atoms with Gasteiger partial charge in [0, 0.05) is 63.5 Å². The molecule has 11 heteroatoms. The van der Waals surface area contributed by atoms with Crippen LogP contribution >= 0.6 is 0 Å². The molecule has 1 unspecified atom stereocenters. The highest BCUT2D eigenvalue weighted by Gasteiger charge is 2.34. The topological polar surface area (TPSA) is 86.8 Å². The number of amides is 2. The largest absolute Gasteiger partial charge is 0.457 e. The van der Waals surface area contributed by atoms with Gasteiger partial charge in [-0.3, -0.25) is 14.5 Å². The van der Waals surface area contributed by atoms with Crippen molar-refractivity contribution in [2.45, 2.75) is 46.3 Å². The third-order valence-corrected chi connectivity index (χ3v) is 7.72. The number of rotatable bonds is 7. The Morgan fingerprint density at radius 3 is 2.44 bits per heavy atom. The van der Waals surface area contributed by atoms with Crippen molar-refractivity contribution >= 4 is 23.3 Å². The van der Waals surface area contributed by atoms with Crippen molar-refractivity contribution in [2.75, 3.05) is 43.9 Å². The van der Waals surface area contributed by atoms with Crippen LogP contribution in [0.4, 0.5) is 24.7 Å². The molecule has 1 saturated heterocycles. The number of hydrogen-bond donors (Lipinski definition) is 2. The van der Waals surface area contributed by atoms with Gasteiger partial charge in [0.15, 0.2) is 0 Å². The van der Waals surface area contributed by atoms with Crippen molar-refractivity contribution < 1.29 is 27.5 Å². The number of aromatic nitrogens is 1. The lowest BCUT2D eigenvalue weighted by atomic mass is 9.83. The van der Waals surface area contributed by atoms with Gasteiger partial charge in [0.05, 0.1) is 5.56 Å². The summed E-state index contributed by atoms with van der Waals surface area (Å²) < 4.78 is 48.0. The average molecular weight is 598 g/mol. The van der Waals surface area contributed by atoms with E-state index in [4.69, 9.17) is 4.74 Å². The Balaban J connectivity index is 0.00000423. The van der Waals surface area contributed by atoms with Gasteiger partial charge < -0.3 is 20.3 Å². The zero-order valence-corrected chi connectivity index (χ0v) is 23.6. The Hall–Kier alpha value is -3.96. The van der Waals surface area contributed by atoms with Crippen LogP contribution in [0.3, 0.4) is 0 Å². The Kier molecular flexibility index (Phi) is 10.1. The van der Waals surface area contributed by atoms with Crippen LogP contribution in [0.5, 0.6) is 11.5 Å². The molecule has 5 rings (SSSR count). The number of pyridine rings is 1. The van der Waals surface area contributed by atoms with Crippen LogP contribution in [0, 0.1) is 5.92 Å². The van der Waals surface area contributed by atoms with Crippen LogP contribution in [-0.4, -0.2) is 59.8 Å². The summed E-state index contributed by atoms with van der Waals surface area (Å²) in [6.45, 7) is 4.67. The van der Waals surface area contributed by atoms with Gasteiger partial charge in [-0.25, -0.2) is 4.98 Å². The number of likely N-dealkylation sites (N-methyl/N-ethyl adjacent to an activating group) is 1. The summed E-state index contributed by atoms with van der Waals surface area (Å²) >= 11 is 0. The predicted octanol–water partition coefficient (Wildman–Crippen LogP) is 5.98. The number of nitrogens with one attached hydrogen (secondary N) is 2. The molecule has 1 atom stereocenters. The van der Waals surface area contributed by atoms with E-state index in [0.29, 0.717) is 49.7 Å². The standard InChI is InChI=1S/C31H34F3N5O3.CH4/c1-20(40)36-29-18-27(9-10-35-29)42-26-8-6-21-3-4-22(15-24(21)16-26)30(41)37-25-7-5-23(28(17-25)31(32,33)34)19-39-13-11-38(2)12-14-39;/h5-10,16-18,22H,3-4,11-15,19H2,1-2H3,(H,37,41)(H,35,36,40);1H4. The number of ether oxygens (including phenoxy) is 1. The lowest BCUT2D eigenvalue weighted by Gasteiger charge is -2.33.